The molecule has 5 nitrogen and oxygen atoms in total. The summed E-state index contributed by atoms with van der Waals surface area (Å²) >= 11 is 0. The number of aliphatic hydroxyl groups excluding tert-OH is 1. The average Bonchev–Trinajstić information content (AvgIpc) is 2.90. The number of nitrogens with zero attached hydrogens (tertiary/aromatic N) is 1. The molecule has 1 unspecified atom stereocenters. The first-order valence-electron chi connectivity index (χ1n) is 6.00. The highest BCUT2D eigenvalue weighted by molar-refractivity contribution is 5.91. The topological polar surface area (TPSA) is 83.6 Å². The molecule has 2 N–H and O–H groups in total. The fraction of sp³-hybridized carbons (Fsp3) is 0.0667. The van der Waals surface area contributed by atoms with Gasteiger partial charge in [-0.05, 0) is 29.8 Å². The predicted molar refractivity (Wildman–Crippen MR) is 71.5 cm³/mol. The van der Waals surface area contributed by atoms with E-state index < -0.39 is 12.1 Å². The number of aromatic carboxylic acids is 1. The molecule has 2 heterocycles. The Kier molecular flexibility index (Phi) is 2.96. The maximum absolute atomic E-state index is 10.9. The Morgan fingerprint density at radius 1 is 1.20 bits per heavy atom. The lowest BCUT2D eigenvalue weighted by Crippen LogP contribution is -1.99. The molecule has 0 aliphatic carbocycles. The second-order valence-electron chi connectivity index (χ2n) is 4.40. The van der Waals surface area contributed by atoms with Crippen molar-refractivity contribution in [1.82, 2.24) is 4.98 Å². The van der Waals surface area contributed by atoms with E-state index in [4.69, 9.17) is 9.52 Å². The maximum Gasteiger partial charge on any atom is 0.371 e. The molecule has 0 saturated carbocycles. The number of aromatic nitrogens is 1. The first-order valence-corrected chi connectivity index (χ1v) is 6.00. The molecule has 0 bridgehead atoms. The van der Waals surface area contributed by atoms with Gasteiger partial charge in [-0.3, -0.25) is 4.98 Å². The van der Waals surface area contributed by atoms with Crippen molar-refractivity contribution < 1.29 is 19.4 Å². The highest BCUT2D eigenvalue weighted by Crippen LogP contribution is 2.26. The fourth-order valence-corrected chi connectivity index (χ4v) is 2.07. The highest BCUT2D eigenvalue weighted by Gasteiger charge is 2.14. The Morgan fingerprint density at radius 2 is 2.05 bits per heavy atom. The van der Waals surface area contributed by atoms with Gasteiger partial charge < -0.3 is 14.6 Å². The third-order valence-electron chi connectivity index (χ3n) is 3.07. The van der Waals surface area contributed by atoms with Gasteiger partial charge in [0.15, 0.2) is 0 Å². The zero-order chi connectivity index (χ0) is 14.1. The number of furan rings is 1. The third-order valence-corrected chi connectivity index (χ3v) is 3.07. The maximum atomic E-state index is 10.9. The lowest BCUT2D eigenvalue weighted by molar-refractivity contribution is 0.0665. The summed E-state index contributed by atoms with van der Waals surface area (Å²) in [4.78, 5) is 14.8. The highest BCUT2D eigenvalue weighted by atomic mass is 16.4. The van der Waals surface area contributed by atoms with Gasteiger partial charge in [0.1, 0.15) is 11.7 Å². The van der Waals surface area contributed by atoms with Gasteiger partial charge in [-0.25, -0.2) is 4.79 Å². The molecule has 2 aromatic heterocycles. The largest absolute Gasteiger partial charge is 0.475 e. The SMILES string of the molecule is O=C(O)c1cc2cc(C(O)c3cccnc3)ccc2o1. The smallest absolute Gasteiger partial charge is 0.371 e. The van der Waals surface area contributed by atoms with Crippen LogP contribution in [0.3, 0.4) is 0 Å². The van der Waals surface area contributed by atoms with Crippen LogP contribution in [-0.2, 0) is 0 Å². The lowest BCUT2D eigenvalue weighted by atomic mass is 10.0. The van der Waals surface area contributed by atoms with Gasteiger partial charge in [-0.2, -0.15) is 0 Å². The Morgan fingerprint density at radius 3 is 2.75 bits per heavy atom. The van der Waals surface area contributed by atoms with E-state index in [1.165, 1.54) is 6.07 Å². The molecule has 0 radical (unpaired) electrons. The summed E-state index contributed by atoms with van der Waals surface area (Å²) in [5.74, 6) is -1.23. The molecule has 0 amide bonds. The molecule has 0 spiro atoms. The molecule has 5 heteroatoms. The van der Waals surface area contributed by atoms with Crippen LogP contribution in [0.15, 0.2) is 53.2 Å². The first kappa shape index (κ1) is 12.4. The molecule has 1 atom stereocenters. The molecular weight excluding hydrogens is 258 g/mol. The Hall–Kier alpha value is -2.66. The van der Waals surface area contributed by atoms with Crippen LogP contribution >= 0.6 is 0 Å². The third kappa shape index (κ3) is 2.15. The lowest BCUT2D eigenvalue weighted by Gasteiger charge is -2.10. The molecule has 0 aliphatic heterocycles. The minimum absolute atomic E-state index is 0.118. The Labute approximate surface area is 114 Å². The van der Waals surface area contributed by atoms with Crippen LogP contribution in [0.25, 0.3) is 11.0 Å². The van der Waals surface area contributed by atoms with Gasteiger partial charge in [0.2, 0.25) is 5.76 Å². The second-order valence-corrected chi connectivity index (χ2v) is 4.40. The number of carbonyl (C=O) groups is 1. The minimum Gasteiger partial charge on any atom is -0.475 e. The molecule has 1 aromatic carbocycles. The van der Waals surface area contributed by atoms with Crippen molar-refractivity contribution in [2.45, 2.75) is 6.10 Å². The van der Waals surface area contributed by atoms with E-state index in [1.807, 2.05) is 0 Å². The molecule has 0 fully saturated rings. The number of benzene rings is 1. The van der Waals surface area contributed by atoms with Crippen molar-refractivity contribution in [3.8, 4) is 0 Å². The summed E-state index contributed by atoms with van der Waals surface area (Å²) in [6, 6.07) is 10.0. The molecule has 20 heavy (non-hydrogen) atoms. The monoisotopic (exact) mass is 269 g/mol. The summed E-state index contributed by atoms with van der Waals surface area (Å²) in [5, 5.41) is 19.8. The van der Waals surface area contributed by atoms with Crippen LogP contribution in [0.5, 0.6) is 0 Å². The van der Waals surface area contributed by atoms with Gasteiger partial charge >= 0.3 is 5.97 Å². The van der Waals surface area contributed by atoms with E-state index >= 15 is 0 Å². The molecule has 3 rings (SSSR count). The summed E-state index contributed by atoms with van der Waals surface area (Å²) in [6.45, 7) is 0. The number of pyridine rings is 1. The second kappa shape index (κ2) is 4.79. The van der Waals surface area contributed by atoms with Gasteiger partial charge in [0, 0.05) is 23.3 Å². The predicted octanol–water partition coefficient (Wildman–Crippen LogP) is 2.61. The summed E-state index contributed by atoms with van der Waals surface area (Å²) in [5.41, 5.74) is 1.81. The Balaban J connectivity index is 2.02. The number of aliphatic hydroxyl groups is 1. The van der Waals surface area contributed by atoms with Crippen molar-refractivity contribution in [1.29, 1.82) is 0 Å². The zero-order valence-corrected chi connectivity index (χ0v) is 10.4. The van der Waals surface area contributed by atoms with E-state index in [2.05, 4.69) is 4.98 Å². The molecular formula is C15H11NO4. The number of carboxylic acids is 1. The quantitative estimate of drug-likeness (QED) is 0.763. The van der Waals surface area contributed by atoms with Gasteiger partial charge in [-0.15, -0.1) is 0 Å². The Bertz CT molecular complexity index is 764. The standard InChI is InChI=1S/C15H11NO4/c17-14(10-2-1-5-16-8-10)9-3-4-12-11(6-9)7-13(20-12)15(18)19/h1-8,14,17H,(H,18,19). The number of rotatable bonds is 3. The number of hydrogen-bond donors (Lipinski definition) is 2. The van der Waals surface area contributed by atoms with Crippen molar-refractivity contribution in [3.63, 3.8) is 0 Å². The number of fused-ring (bicyclic) bond motifs is 1. The van der Waals surface area contributed by atoms with E-state index in [-0.39, 0.29) is 5.76 Å². The van der Waals surface area contributed by atoms with E-state index in [1.54, 1.807) is 42.7 Å². The van der Waals surface area contributed by atoms with E-state index in [9.17, 15) is 9.90 Å². The van der Waals surface area contributed by atoms with Crippen LogP contribution in [0, 0.1) is 0 Å². The van der Waals surface area contributed by atoms with Crippen LogP contribution in [-0.4, -0.2) is 21.2 Å². The van der Waals surface area contributed by atoms with Crippen LogP contribution in [0.2, 0.25) is 0 Å². The molecule has 3 aromatic rings. The average molecular weight is 269 g/mol. The van der Waals surface area contributed by atoms with Crippen molar-refractivity contribution >= 4 is 16.9 Å². The number of hydrogen-bond acceptors (Lipinski definition) is 4. The van der Waals surface area contributed by atoms with Crippen LogP contribution in [0.1, 0.15) is 27.8 Å². The summed E-state index contributed by atoms with van der Waals surface area (Å²) in [7, 11) is 0. The molecule has 0 saturated heterocycles. The fourth-order valence-electron chi connectivity index (χ4n) is 2.07. The van der Waals surface area contributed by atoms with Crippen LogP contribution < -0.4 is 0 Å². The van der Waals surface area contributed by atoms with Crippen LogP contribution in [0.4, 0.5) is 0 Å². The van der Waals surface area contributed by atoms with Gasteiger partial charge in [0.05, 0.1) is 0 Å². The normalized spacial score (nSPS) is 12.4. The van der Waals surface area contributed by atoms with Gasteiger partial charge in [0.25, 0.3) is 0 Å². The molecule has 100 valence electrons. The van der Waals surface area contributed by atoms with E-state index in [0.717, 1.165) is 0 Å². The first-order chi connectivity index (χ1) is 9.65. The summed E-state index contributed by atoms with van der Waals surface area (Å²) in [6.07, 6.45) is 2.41. The van der Waals surface area contributed by atoms with Crippen molar-refractivity contribution in [2.24, 2.45) is 0 Å². The minimum atomic E-state index is -1.12. The summed E-state index contributed by atoms with van der Waals surface area (Å²) < 4.78 is 5.18. The van der Waals surface area contributed by atoms with Crippen molar-refractivity contribution in [2.75, 3.05) is 0 Å². The number of carboxylic acid groups (broad SMARTS) is 1. The van der Waals surface area contributed by atoms with E-state index in [0.29, 0.717) is 22.1 Å². The van der Waals surface area contributed by atoms with Gasteiger partial charge in [-0.1, -0.05) is 12.1 Å². The zero-order valence-electron chi connectivity index (χ0n) is 10.4. The van der Waals surface area contributed by atoms with Crippen molar-refractivity contribution in [3.05, 3.63) is 65.7 Å². The molecule has 0 aliphatic rings.